The highest BCUT2D eigenvalue weighted by Crippen LogP contribution is 2.54. The van der Waals surface area contributed by atoms with Gasteiger partial charge in [-0.3, -0.25) is 0 Å². The summed E-state index contributed by atoms with van der Waals surface area (Å²) in [5.41, 5.74) is 7.29. The van der Waals surface area contributed by atoms with E-state index in [0.717, 1.165) is 120 Å². The molecule has 0 spiro atoms. The van der Waals surface area contributed by atoms with Crippen LogP contribution in [0.25, 0.3) is 52.8 Å². The number of hydrogen-bond donors (Lipinski definition) is 2. The third kappa shape index (κ3) is 6.71. The highest BCUT2D eigenvalue weighted by atomic mass is 32.1. The molecular weight excluding hydrogens is 695 g/mol. The lowest BCUT2D eigenvalue weighted by atomic mass is 10.0. The van der Waals surface area contributed by atoms with Crippen LogP contribution < -0.4 is 10.6 Å². The molecule has 0 saturated carbocycles. The molecule has 0 saturated heterocycles. The molecule has 2 atom stereocenters. The molecule has 2 N–H and O–H groups in total. The van der Waals surface area contributed by atoms with Gasteiger partial charge >= 0.3 is 0 Å². The van der Waals surface area contributed by atoms with Crippen LogP contribution in [0.3, 0.4) is 0 Å². The molecule has 1 aliphatic rings. The summed E-state index contributed by atoms with van der Waals surface area (Å²) in [5.74, 6) is -0.530. The molecule has 2 unspecified atom stereocenters. The van der Waals surface area contributed by atoms with E-state index in [0.29, 0.717) is 17.2 Å². The SMILES string of the molecule is CCCCC(CC)Nc1ccc(-c2ccc(-c3c4c(c(-c5ccc(-c6ccc(NC(C)CC)cc6F)s5)c5nsnc35)N=S=N4)s2)c(F)c1. The van der Waals surface area contributed by atoms with Gasteiger partial charge in [-0.15, -0.1) is 22.7 Å². The first-order valence-corrected chi connectivity index (χ1v) is 19.7. The van der Waals surface area contributed by atoms with Crippen LogP contribution in [0.5, 0.6) is 0 Å². The average Bonchev–Trinajstić information content (AvgIpc) is 3.93. The van der Waals surface area contributed by atoms with E-state index in [1.165, 1.54) is 22.7 Å². The molecule has 3 aromatic heterocycles. The summed E-state index contributed by atoms with van der Waals surface area (Å²) in [6.07, 6.45) is 5.30. The number of halogens is 2. The van der Waals surface area contributed by atoms with E-state index in [1.807, 2.05) is 48.5 Å². The van der Waals surface area contributed by atoms with Gasteiger partial charge in [0, 0.05) is 65.2 Å². The van der Waals surface area contributed by atoms with E-state index in [4.69, 9.17) is 17.5 Å². The first-order chi connectivity index (χ1) is 23.9. The van der Waals surface area contributed by atoms with Crippen LogP contribution >= 0.6 is 34.4 Å². The third-order valence-electron chi connectivity index (χ3n) is 8.89. The van der Waals surface area contributed by atoms with Gasteiger partial charge in [-0.05, 0) is 86.8 Å². The zero-order valence-electron chi connectivity index (χ0n) is 27.6. The number of thiophene rings is 2. The molecule has 49 heavy (non-hydrogen) atoms. The van der Waals surface area contributed by atoms with Crippen molar-refractivity contribution in [1.29, 1.82) is 0 Å². The summed E-state index contributed by atoms with van der Waals surface area (Å²) in [4.78, 5) is 3.48. The highest BCUT2D eigenvalue weighted by molar-refractivity contribution is 7.58. The monoisotopic (exact) mass is 730 g/mol. The zero-order valence-corrected chi connectivity index (χ0v) is 30.9. The Morgan fingerprint density at radius 3 is 1.69 bits per heavy atom. The number of rotatable bonds is 13. The Kier molecular flexibility index (Phi) is 10.00. The second-order valence-electron chi connectivity index (χ2n) is 12.2. The lowest BCUT2D eigenvalue weighted by Gasteiger charge is -2.18. The van der Waals surface area contributed by atoms with Crippen molar-refractivity contribution in [3.8, 4) is 41.8 Å². The minimum absolute atomic E-state index is 0.258. The van der Waals surface area contributed by atoms with Crippen molar-refractivity contribution in [2.45, 2.75) is 71.9 Å². The molecule has 0 aliphatic carbocycles. The van der Waals surface area contributed by atoms with Gasteiger partial charge in [-0.25, -0.2) is 8.78 Å². The largest absolute Gasteiger partial charge is 0.383 e. The van der Waals surface area contributed by atoms with Gasteiger partial charge < -0.3 is 10.6 Å². The van der Waals surface area contributed by atoms with Crippen LogP contribution in [-0.2, 0) is 11.4 Å². The maximum atomic E-state index is 15.5. The summed E-state index contributed by atoms with van der Waals surface area (Å²) in [6, 6.07) is 19.2. The number of anilines is 2. The van der Waals surface area contributed by atoms with Crippen LogP contribution in [0.1, 0.15) is 59.8 Å². The minimum atomic E-state index is -0.272. The average molecular weight is 731 g/mol. The first kappa shape index (κ1) is 33.6. The predicted molar refractivity (Wildman–Crippen MR) is 207 cm³/mol. The van der Waals surface area contributed by atoms with E-state index >= 15 is 8.78 Å². The molecular formula is C37H36F2N6S4. The number of aromatic nitrogens is 2. The molecule has 1 aliphatic heterocycles. The van der Waals surface area contributed by atoms with Crippen molar-refractivity contribution in [2.75, 3.05) is 10.6 Å². The summed E-state index contributed by atoms with van der Waals surface area (Å²) < 4.78 is 49.8. The fourth-order valence-electron chi connectivity index (χ4n) is 6.02. The molecule has 252 valence electrons. The van der Waals surface area contributed by atoms with Gasteiger partial charge in [0.25, 0.3) is 0 Å². The van der Waals surface area contributed by atoms with Gasteiger partial charge in [0.15, 0.2) is 0 Å². The Morgan fingerprint density at radius 1 is 0.673 bits per heavy atom. The Hall–Kier alpha value is -3.84. The van der Waals surface area contributed by atoms with Crippen molar-refractivity contribution in [3.05, 3.63) is 72.3 Å². The predicted octanol–water partition coefficient (Wildman–Crippen LogP) is 13.1. The number of unbranched alkanes of at least 4 members (excludes halogenated alkanes) is 1. The first-order valence-electron chi connectivity index (χ1n) is 16.6. The maximum absolute atomic E-state index is 15.5. The quantitative estimate of drug-likeness (QED) is 0.124. The van der Waals surface area contributed by atoms with Crippen molar-refractivity contribution < 1.29 is 8.78 Å². The van der Waals surface area contributed by atoms with Gasteiger partial charge in [0.05, 0.1) is 23.1 Å². The molecule has 0 bridgehead atoms. The van der Waals surface area contributed by atoms with Crippen molar-refractivity contribution >= 4 is 79.5 Å². The Labute approximate surface area is 300 Å². The summed E-state index contributed by atoms with van der Waals surface area (Å²) >= 11 is 5.28. The van der Waals surface area contributed by atoms with Crippen molar-refractivity contribution in [2.24, 2.45) is 8.73 Å². The number of nitrogens with one attached hydrogen (secondary N) is 2. The Balaban J connectivity index is 1.21. The summed E-state index contributed by atoms with van der Waals surface area (Å²) in [6.45, 7) is 8.52. The topological polar surface area (TPSA) is 74.6 Å². The zero-order chi connectivity index (χ0) is 34.1. The van der Waals surface area contributed by atoms with E-state index in [2.05, 4.69) is 38.3 Å². The standard InChI is InChI=1S/C37H36F2N6S4/c1-5-8-9-21(7-3)41-23-11-13-25(27(39)19-23)29-15-17-31(47-29)33-36-34(42-48-44-36)32(35-37(33)45-49-43-35)30-16-14-28(46-30)24-12-10-22(18-26(24)38)40-20(4)6-2/h10-21,40-41H,5-9H2,1-4H3. The van der Waals surface area contributed by atoms with Crippen LogP contribution in [0.2, 0.25) is 0 Å². The van der Waals surface area contributed by atoms with Crippen LogP contribution in [-0.4, -0.2) is 20.8 Å². The Bertz CT molecular complexity index is 2210. The third-order valence-corrected chi connectivity index (χ3v) is 12.2. The van der Waals surface area contributed by atoms with E-state index in [9.17, 15) is 0 Å². The van der Waals surface area contributed by atoms with Gasteiger partial charge in [-0.1, -0.05) is 33.6 Å². The second kappa shape index (κ2) is 14.6. The fraction of sp³-hybridized carbons (Fsp3) is 0.297. The van der Waals surface area contributed by atoms with Crippen LogP contribution in [0.15, 0.2) is 69.4 Å². The molecule has 0 radical (unpaired) electrons. The number of hydrogen-bond acceptors (Lipinski definition) is 9. The lowest BCUT2D eigenvalue weighted by Crippen LogP contribution is -2.18. The number of nitrogens with zero attached hydrogens (tertiary/aromatic N) is 4. The van der Waals surface area contributed by atoms with E-state index in [-0.39, 0.29) is 17.7 Å². The highest BCUT2D eigenvalue weighted by Gasteiger charge is 2.28. The molecule has 3 aromatic carbocycles. The minimum Gasteiger partial charge on any atom is -0.383 e. The Morgan fingerprint density at radius 2 is 1.20 bits per heavy atom. The lowest BCUT2D eigenvalue weighted by molar-refractivity contribution is 0.591. The van der Waals surface area contributed by atoms with Gasteiger partial charge in [0.2, 0.25) is 0 Å². The van der Waals surface area contributed by atoms with Crippen LogP contribution in [0, 0.1) is 11.6 Å². The molecule has 0 fully saturated rings. The van der Waals surface area contributed by atoms with Crippen molar-refractivity contribution in [3.63, 3.8) is 0 Å². The number of benzene rings is 3. The molecule has 7 rings (SSSR count). The summed E-state index contributed by atoms with van der Waals surface area (Å²) in [5, 5.41) is 6.85. The summed E-state index contributed by atoms with van der Waals surface area (Å²) in [7, 11) is 0. The molecule has 0 amide bonds. The van der Waals surface area contributed by atoms with Crippen molar-refractivity contribution in [1.82, 2.24) is 8.75 Å². The normalized spacial score (nSPS) is 13.4. The molecule has 4 heterocycles. The second-order valence-corrected chi connectivity index (χ2v) is 15.5. The molecule has 6 aromatic rings. The molecule has 6 nitrogen and oxygen atoms in total. The van der Waals surface area contributed by atoms with E-state index in [1.54, 1.807) is 12.1 Å². The maximum Gasteiger partial charge on any atom is 0.133 e. The smallest absolute Gasteiger partial charge is 0.133 e. The van der Waals surface area contributed by atoms with Gasteiger partial charge in [-0.2, -0.15) is 17.5 Å². The van der Waals surface area contributed by atoms with Crippen LogP contribution in [0.4, 0.5) is 31.5 Å². The fourth-order valence-corrected chi connectivity index (χ4v) is 9.30. The van der Waals surface area contributed by atoms with Gasteiger partial charge in [0.1, 0.15) is 34.0 Å². The number of fused-ring (bicyclic) bond motifs is 2. The molecule has 12 heteroatoms. The van der Waals surface area contributed by atoms with E-state index < -0.39 is 0 Å².